The second-order valence-corrected chi connectivity index (χ2v) is 5.99. The molecule has 0 aliphatic rings. The van der Waals surface area contributed by atoms with Gasteiger partial charge in [0.15, 0.2) is 11.9 Å². The Labute approximate surface area is 136 Å². The van der Waals surface area contributed by atoms with Gasteiger partial charge >= 0.3 is 5.97 Å². The minimum absolute atomic E-state index is 0.0173. The van der Waals surface area contributed by atoms with Gasteiger partial charge in [-0.05, 0) is 31.2 Å². The van der Waals surface area contributed by atoms with Crippen LogP contribution in [-0.4, -0.2) is 36.2 Å². The van der Waals surface area contributed by atoms with Gasteiger partial charge in [-0.25, -0.2) is 4.79 Å². The van der Waals surface area contributed by atoms with E-state index in [-0.39, 0.29) is 16.0 Å². The number of hydrogen-bond donors (Lipinski definition) is 2. The molecule has 0 saturated heterocycles. The summed E-state index contributed by atoms with van der Waals surface area (Å²) in [4.78, 5) is 24.5. The van der Waals surface area contributed by atoms with Gasteiger partial charge in [0, 0.05) is 10.4 Å². The molecule has 1 aromatic carbocycles. The monoisotopic (exact) mass is 336 g/mol. The summed E-state index contributed by atoms with van der Waals surface area (Å²) in [7, 11) is 2.70. The first-order chi connectivity index (χ1) is 10.9. The minimum atomic E-state index is -1.56. The Hall–Kier alpha value is -2.38. The number of methoxy groups -OCH3 is 2. The van der Waals surface area contributed by atoms with Crippen molar-refractivity contribution in [2.45, 2.75) is 13.0 Å². The number of aliphatic hydroxyl groups excluding tert-OH is 1. The van der Waals surface area contributed by atoms with E-state index in [4.69, 9.17) is 4.74 Å². The number of ether oxygens (including phenoxy) is 2. The van der Waals surface area contributed by atoms with Gasteiger partial charge in [0.2, 0.25) is 0 Å². The molecule has 0 radical (unpaired) electrons. The molecule has 1 heterocycles. The number of carbonyl (C=O) groups is 2. The van der Waals surface area contributed by atoms with Crippen LogP contribution in [-0.2, 0) is 4.74 Å². The summed E-state index contributed by atoms with van der Waals surface area (Å²) < 4.78 is 9.60. The van der Waals surface area contributed by atoms with E-state index in [2.05, 4.69) is 4.74 Å². The quantitative estimate of drug-likeness (QED) is 0.643. The van der Waals surface area contributed by atoms with Crippen molar-refractivity contribution in [3.63, 3.8) is 0 Å². The molecule has 2 N–H and O–H groups in total. The molecule has 0 fully saturated rings. The first-order valence-corrected chi connectivity index (χ1v) is 7.49. The van der Waals surface area contributed by atoms with Crippen LogP contribution in [0.5, 0.6) is 11.5 Å². The van der Waals surface area contributed by atoms with Gasteiger partial charge in [0.05, 0.1) is 19.1 Å². The predicted octanol–water partition coefficient (Wildman–Crippen LogP) is 2.47. The van der Waals surface area contributed by atoms with Crippen LogP contribution in [0.15, 0.2) is 24.3 Å². The fraction of sp³-hybridized carbons (Fsp3) is 0.250. The Kier molecular flexibility index (Phi) is 5.02. The summed E-state index contributed by atoms with van der Waals surface area (Å²) in [6.45, 7) is 1.60. The summed E-state index contributed by atoms with van der Waals surface area (Å²) in [5.74, 6) is -1.14. The number of aryl methyl sites for hydroxylation is 1. The summed E-state index contributed by atoms with van der Waals surface area (Å²) in [6.07, 6.45) is -1.56. The lowest BCUT2D eigenvalue weighted by molar-refractivity contribution is 0.0595. The second kappa shape index (κ2) is 6.80. The molecule has 122 valence electrons. The maximum Gasteiger partial charge on any atom is 0.342 e. The van der Waals surface area contributed by atoms with Gasteiger partial charge < -0.3 is 19.7 Å². The molecule has 6 nitrogen and oxygen atoms in total. The third kappa shape index (κ3) is 3.20. The molecule has 0 saturated carbocycles. The normalized spacial score (nSPS) is 11.8. The number of benzene rings is 1. The van der Waals surface area contributed by atoms with E-state index >= 15 is 0 Å². The number of carbonyl (C=O) groups excluding carboxylic acids is 2. The molecule has 2 aromatic rings. The molecule has 0 aliphatic carbocycles. The van der Waals surface area contributed by atoms with Crippen molar-refractivity contribution < 1.29 is 29.3 Å². The van der Waals surface area contributed by atoms with Gasteiger partial charge in [-0.15, -0.1) is 11.3 Å². The van der Waals surface area contributed by atoms with Gasteiger partial charge in [0.25, 0.3) is 0 Å². The maximum absolute atomic E-state index is 12.3. The van der Waals surface area contributed by atoms with Gasteiger partial charge in [0.1, 0.15) is 17.1 Å². The highest BCUT2D eigenvalue weighted by atomic mass is 32.1. The molecule has 1 unspecified atom stereocenters. The number of Topliss-reactive ketones (excluding diaryl/α,β-unsaturated/α-hetero) is 1. The van der Waals surface area contributed by atoms with E-state index in [1.165, 1.54) is 26.4 Å². The topological polar surface area (TPSA) is 93.1 Å². The van der Waals surface area contributed by atoms with E-state index in [9.17, 15) is 19.8 Å². The Balaban J connectivity index is 2.34. The first-order valence-electron chi connectivity index (χ1n) is 6.67. The highest BCUT2D eigenvalue weighted by Gasteiger charge is 2.29. The third-order valence-electron chi connectivity index (χ3n) is 3.35. The fourth-order valence-electron chi connectivity index (χ4n) is 2.11. The lowest BCUT2D eigenvalue weighted by atomic mass is 10.0. The summed E-state index contributed by atoms with van der Waals surface area (Å²) in [6, 6.07) is 6.23. The molecule has 23 heavy (non-hydrogen) atoms. The Morgan fingerprint density at radius 3 is 2.30 bits per heavy atom. The van der Waals surface area contributed by atoms with Crippen LogP contribution < -0.4 is 4.74 Å². The van der Waals surface area contributed by atoms with E-state index in [0.717, 1.165) is 11.3 Å². The van der Waals surface area contributed by atoms with Crippen LogP contribution >= 0.6 is 11.3 Å². The van der Waals surface area contributed by atoms with Crippen LogP contribution in [0.1, 0.15) is 36.6 Å². The Bertz CT molecular complexity index is 732. The zero-order valence-electron chi connectivity index (χ0n) is 12.8. The van der Waals surface area contributed by atoms with E-state index < -0.39 is 23.6 Å². The highest BCUT2D eigenvalue weighted by Crippen LogP contribution is 2.39. The maximum atomic E-state index is 12.3. The number of ketones is 1. The average Bonchev–Trinajstić information content (AvgIpc) is 2.87. The molecule has 0 bridgehead atoms. The molecular weight excluding hydrogens is 320 g/mol. The predicted molar refractivity (Wildman–Crippen MR) is 84.3 cm³/mol. The van der Waals surface area contributed by atoms with Crippen molar-refractivity contribution in [2.75, 3.05) is 14.2 Å². The average molecular weight is 336 g/mol. The van der Waals surface area contributed by atoms with Crippen molar-refractivity contribution >= 4 is 23.1 Å². The van der Waals surface area contributed by atoms with Gasteiger partial charge in [-0.2, -0.15) is 0 Å². The molecule has 0 aliphatic heterocycles. The number of rotatable bonds is 5. The molecular formula is C16H16O6S. The Morgan fingerprint density at radius 2 is 1.78 bits per heavy atom. The minimum Gasteiger partial charge on any atom is -0.506 e. The second-order valence-electron chi connectivity index (χ2n) is 4.73. The highest BCUT2D eigenvalue weighted by molar-refractivity contribution is 7.12. The van der Waals surface area contributed by atoms with Crippen molar-refractivity contribution in [3.05, 3.63) is 45.1 Å². The fourth-order valence-corrected chi connectivity index (χ4v) is 3.14. The standard InChI is InChI=1S/C16H16O6S/c1-8-11(16(20)22-3)13(18)15(23-8)14(19)12(17)9-4-6-10(21-2)7-5-9/h4-7,14,18-19H,1-3H3. The van der Waals surface area contributed by atoms with Crippen molar-refractivity contribution in [3.8, 4) is 11.5 Å². The van der Waals surface area contributed by atoms with Gasteiger partial charge in [-0.3, -0.25) is 4.79 Å². The molecule has 2 rings (SSSR count). The molecule has 0 amide bonds. The summed E-state index contributed by atoms with van der Waals surface area (Å²) in [5, 5.41) is 20.4. The van der Waals surface area contributed by atoms with Crippen molar-refractivity contribution in [2.24, 2.45) is 0 Å². The number of esters is 1. The van der Waals surface area contributed by atoms with Crippen LogP contribution in [0, 0.1) is 6.92 Å². The van der Waals surface area contributed by atoms with E-state index in [0.29, 0.717) is 10.6 Å². The lowest BCUT2D eigenvalue weighted by Crippen LogP contribution is -2.11. The van der Waals surface area contributed by atoms with E-state index in [1.807, 2.05) is 0 Å². The van der Waals surface area contributed by atoms with Crippen molar-refractivity contribution in [1.29, 1.82) is 0 Å². The van der Waals surface area contributed by atoms with E-state index in [1.54, 1.807) is 19.1 Å². The largest absolute Gasteiger partial charge is 0.506 e. The third-order valence-corrected chi connectivity index (χ3v) is 4.49. The van der Waals surface area contributed by atoms with Crippen LogP contribution in [0.2, 0.25) is 0 Å². The molecule has 1 atom stereocenters. The van der Waals surface area contributed by atoms with Crippen LogP contribution in [0.4, 0.5) is 0 Å². The van der Waals surface area contributed by atoms with Crippen LogP contribution in [0.25, 0.3) is 0 Å². The smallest absolute Gasteiger partial charge is 0.342 e. The number of aromatic hydroxyl groups is 1. The number of thiophene rings is 1. The van der Waals surface area contributed by atoms with Crippen LogP contribution in [0.3, 0.4) is 0 Å². The molecule has 0 spiro atoms. The summed E-state index contributed by atoms with van der Waals surface area (Å²) >= 11 is 0.977. The van der Waals surface area contributed by atoms with Gasteiger partial charge in [-0.1, -0.05) is 0 Å². The SMILES string of the molecule is COC(=O)c1c(C)sc(C(O)C(=O)c2ccc(OC)cc2)c1O. The first kappa shape index (κ1) is 17.0. The van der Waals surface area contributed by atoms with Crippen molar-refractivity contribution in [1.82, 2.24) is 0 Å². The Morgan fingerprint density at radius 1 is 1.17 bits per heavy atom. The number of aliphatic hydroxyl groups is 1. The molecule has 1 aromatic heterocycles. The number of hydrogen-bond acceptors (Lipinski definition) is 7. The molecule has 7 heteroatoms. The summed E-state index contributed by atoms with van der Waals surface area (Å²) in [5.41, 5.74) is 0.234. The zero-order chi connectivity index (χ0) is 17.1. The zero-order valence-corrected chi connectivity index (χ0v) is 13.6. The lowest BCUT2D eigenvalue weighted by Gasteiger charge is -2.09.